The minimum absolute atomic E-state index is 0.123. The van der Waals surface area contributed by atoms with Gasteiger partial charge in [-0.1, -0.05) is 72.8 Å². The maximum atomic E-state index is 7.23. The molecule has 7 aromatic rings. The molecule has 0 saturated carbocycles. The number of hydrogen-bond acceptors (Lipinski definition) is 2. The van der Waals surface area contributed by atoms with E-state index in [0.29, 0.717) is 0 Å². The fourth-order valence-corrected chi connectivity index (χ4v) is 9.16. The zero-order valence-electron chi connectivity index (χ0n) is 35.6. The van der Waals surface area contributed by atoms with E-state index < -0.39 is 0 Å². The molecule has 282 valence electrons. The first-order valence-electron chi connectivity index (χ1n) is 20.4. The lowest BCUT2D eigenvalue weighted by atomic mass is 9.34. The number of fused-ring (bicyclic) bond motifs is 4. The van der Waals surface area contributed by atoms with Crippen LogP contribution in [0.1, 0.15) is 66.8 Å². The van der Waals surface area contributed by atoms with Crippen molar-refractivity contribution in [3.05, 3.63) is 158 Å². The molecule has 0 unspecified atom stereocenters. The maximum Gasteiger partial charge on any atom is 0.260 e. The van der Waals surface area contributed by atoms with E-state index >= 15 is 0 Å². The normalized spacial score (nSPS) is 12.5. The number of benzene rings is 7. The highest BCUT2D eigenvalue weighted by Gasteiger charge is 2.43. The molecule has 0 N–H and O–H groups in total. The summed E-state index contributed by atoms with van der Waals surface area (Å²) in [6.07, 6.45) is 0. The van der Waals surface area contributed by atoms with Crippen molar-refractivity contribution < 1.29 is 9.47 Å². The Labute approximate surface area is 339 Å². The van der Waals surface area contributed by atoms with Crippen LogP contribution < -0.4 is 25.9 Å². The monoisotopic (exact) mass is 742 g/mol. The zero-order valence-corrected chi connectivity index (χ0v) is 35.6. The molecule has 0 aromatic heterocycles. The molecular weight excluding hydrogens is 691 g/mol. The van der Waals surface area contributed by atoms with Crippen molar-refractivity contribution >= 4 is 23.1 Å². The summed E-state index contributed by atoms with van der Waals surface area (Å²) < 4.78 is 14.5. The average Bonchev–Trinajstić information content (AvgIpc) is 3.18. The van der Waals surface area contributed by atoms with Gasteiger partial charge in [0, 0.05) is 16.6 Å². The summed E-state index contributed by atoms with van der Waals surface area (Å²) in [6.45, 7) is 26.5. The summed E-state index contributed by atoms with van der Waals surface area (Å²) in [7, 11) is 0. The molecule has 3 heteroatoms. The Balaban J connectivity index is 1.37. The molecule has 0 saturated heterocycles. The number of rotatable bonds is 4. The van der Waals surface area contributed by atoms with Gasteiger partial charge in [0.15, 0.2) is 0 Å². The fourth-order valence-electron chi connectivity index (χ4n) is 9.16. The van der Waals surface area contributed by atoms with Gasteiger partial charge < -0.3 is 9.47 Å². The molecule has 2 aliphatic rings. The van der Waals surface area contributed by atoms with Crippen LogP contribution in [0.15, 0.2) is 91.0 Å². The van der Waals surface area contributed by atoms with Crippen molar-refractivity contribution in [1.82, 2.24) is 0 Å². The van der Waals surface area contributed by atoms with Crippen LogP contribution in [0, 0.1) is 83.1 Å². The Morgan fingerprint density at radius 3 is 0.930 bits per heavy atom. The lowest BCUT2D eigenvalue weighted by molar-refractivity contribution is 0.467. The highest BCUT2D eigenvalue weighted by molar-refractivity contribution is 6.98. The molecule has 0 radical (unpaired) electrons. The Morgan fingerprint density at radius 1 is 0.316 bits per heavy atom. The predicted octanol–water partition coefficient (Wildman–Crippen LogP) is 12.8. The Hall–Kier alpha value is -5.80. The quantitative estimate of drug-likeness (QED) is 0.167. The molecule has 2 heterocycles. The van der Waals surface area contributed by atoms with Gasteiger partial charge in [-0.05, 0) is 212 Å². The van der Waals surface area contributed by atoms with Gasteiger partial charge in [0.25, 0.3) is 6.71 Å². The standard InChI is InChI=1S/C54H51BO2/c1-28-17-42(18-29(2)36(28)9)40-13-15-50-48(25-40)55-49-26-41(43-19-30(3)37(10)31(4)20-43)14-16-51(49)57-54-47(45-23-34(7)39(12)35(8)24-45)27-46(53(56-50)52(54)55)44-21-32(5)38(11)33(6)22-44/h13-27H,1-12H3. The third-order valence-electron chi connectivity index (χ3n) is 13.6. The molecule has 7 aromatic carbocycles. The van der Waals surface area contributed by atoms with E-state index in [-0.39, 0.29) is 6.71 Å². The van der Waals surface area contributed by atoms with Gasteiger partial charge in [0.1, 0.15) is 23.0 Å². The van der Waals surface area contributed by atoms with E-state index in [2.05, 4.69) is 174 Å². The van der Waals surface area contributed by atoms with E-state index in [1.54, 1.807) is 0 Å². The van der Waals surface area contributed by atoms with Crippen molar-refractivity contribution in [2.45, 2.75) is 83.1 Å². The van der Waals surface area contributed by atoms with E-state index in [0.717, 1.165) is 61.6 Å². The zero-order chi connectivity index (χ0) is 40.2. The second-order valence-corrected chi connectivity index (χ2v) is 17.1. The van der Waals surface area contributed by atoms with E-state index in [9.17, 15) is 0 Å². The first-order valence-corrected chi connectivity index (χ1v) is 20.4. The maximum absolute atomic E-state index is 7.23. The molecule has 0 bridgehead atoms. The summed E-state index contributed by atoms with van der Waals surface area (Å²) in [5.74, 6) is 3.53. The molecule has 2 nitrogen and oxygen atoms in total. The second kappa shape index (κ2) is 13.4. The van der Waals surface area contributed by atoms with Crippen LogP contribution in [0.3, 0.4) is 0 Å². The molecule has 0 fully saturated rings. The van der Waals surface area contributed by atoms with Crippen LogP contribution in [0.4, 0.5) is 0 Å². The van der Waals surface area contributed by atoms with E-state index in [4.69, 9.17) is 9.47 Å². The van der Waals surface area contributed by atoms with Crippen molar-refractivity contribution in [2.75, 3.05) is 0 Å². The molecule has 57 heavy (non-hydrogen) atoms. The fraction of sp³-hybridized carbons (Fsp3) is 0.222. The molecule has 0 amide bonds. The summed E-state index contributed by atoms with van der Waals surface area (Å²) in [6, 6.07) is 34.5. The number of aryl methyl sites for hydroxylation is 8. The molecule has 0 spiro atoms. The second-order valence-electron chi connectivity index (χ2n) is 17.1. The van der Waals surface area contributed by atoms with Gasteiger partial charge in [-0.3, -0.25) is 0 Å². The Bertz CT molecular complexity index is 2590. The highest BCUT2D eigenvalue weighted by Crippen LogP contribution is 2.47. The van der Waals surface area contributed by atoms with E-state index in [1.807, 2.05) is 0 Å². The molecular formula is C54H51BO2. The van der Waals surface area contributed by atoms with Gasteiger partial charge in [-0.15, -0.1) is 0 Å². The summed E-state index contributed by atoms with van der Waals surface area (Å²) in [5, 5.41) is 0. The van der Waals surface area contributed by atoms with Crippen LogP contribution >= 0.6 is 0 Å². The summed E-state index contributed by atoms with van der Waals surface area (Å²) >= 11 is 0. The summed E-state index contributed by atoms with van der Waals surface area (Å²) in [5.41, 5.74) is 28.3. The average molecular weight is 743 g/mol. The van der Waals surface area contributed by atoms with Crippen LogP contribution in [0.5, 0.6) is 23.0 Å². The van der Waals surface area contributed by atoms with Crippen molar-refractivity contribution in [1.29, 1.82) is 0 Å². The van der Waals surface area contributed by atoms with Crippen LogP contribution in [0.2, 0.25) is 0 Å². The molecule has 0 atom stereocenters. The van der Waals surface area contributed by atoms with Gasteiger partial charge in [-0.25, -0.2) is 0 Å². The smallest absolute Gasteiger partial charge is 0.260 e. The molecule has 0 aliphatic carbocycles. The van der Waals surface area contributed by atoms with Gasteiger partial charge in [-0.2, -0.15) is 0 Å². The lowest BCUT2D eigenvalue weighted by Gasteiger charge is -2.36. The lowest BCUT2D eigenvalue weighted by Crippen LogP contribution is -2.57. The van der Waals surface area contributed by atoms with Gasteiger partial charge >= 0.3 is 0 Å². The van der Waals surface area contributed by atoms with Crippen molar-refractivity contribution in [3.8, 4) is 67.5 Å². The SMILES string of the molecule is Cc1cc(-c2ccc3c(c2)B2c4cc(-c5cc(C)c(C)c(C)c5)ccc4Oc4c(-c5cc(C)c(C)c(C)c5)cc(-c5cc(C)c(C)c(C)c5)c(c42)O3)cc(C)c1C. The largest absolute Gasteiger partial charge is 0.458 e. The topological polar surface area (TPSA) is 18.5 Å². The number of hydrogen-bond donors (Lipinski definition) is 0. The van der Waals surface area contributed by atoms with Gasteiger partial charge in [0.05, 0.1) is 0 Å². The molecule has 9 rings (SSSR count). The van der Waals surface area contributed by atoms with Crippen LogP contribution in [-0.4, -0.2) is 6.71 Å². The third kappa shape index (κ3) is 5.93. The minimum Gasteiger partial charge on any atom is -0.458 e. The predicted molar refractivity (Wildman–Crippen MR) is 243 cm³/mol. The van der Waals surface area contributed by atoms with Gasteiger partial charge in [0.2, 0.25) is 0 Å². The van der Waals surface area contributed by atoms with Crippen molar-refractivity contribution in [2.24, 2.45) is 0 Å². The minimum atomic E-state index is -0.123. The number of ether oxygens (including phenoxy) is 2. The van der Waals surface area contributed by atoms with Crippen molar-refractivity contribution in [3.63, 3.8) is 0 Å². The Kier molecular flexibility index (Phi) is 8.66. The Morgan fingerprint density at radius 2 is 0.614 bits per heavy atom. The highest BCUT2D eigenvalue weighted by atomic mass is 16.5. The van der Waals surface area contributed by atoms with Crippen LogP contribution in [0.25, 0.3) is 44.5 Å². The van der Waals surface area contributed by atoms with Crippen LogP contribution in [-0.2, 0) is 0 Å². The molecule has 2 aliphatic heterocycles. The summed E-state index contributed by atoms with van der Waals surface area (Å²) in [4.78, 5) is 0. The third-order valence-corrected chi connectivity index (χ3v) is 13.6. The first kappa shape index (κ1) is 36.8. The van der Waals surface area contributed by atoms with E-state index in [1.165, 1.54) is 89.0 Å². The first-order chi connectivity index (χ1) is 27.2.